The standard InChI is InChI=1S/C21H20F3NO7S/c1-30-18-6-5-15(12-19(18)33(28,29)25-7-9-31-10-8-25)20(27)32-13-17(26)14-3-2-4-16(11-14)21(22,23)24/h2-6,11-12H,7-10,13H2,1H3. The number of esters is 1. The number of Topliss-reactive ketones (excluding diaryl/α,β-unsaturated/α-hetero) is 1. The van der Waals surface area contributed by atoms with Gasteiger partial charge in [0.25, 0.3) is 0 Å². The van der Waals surface area contributed by atoms with Crippen molar-refractivity contribution in [1.82, 2.24) is 4.31 Å². The van der Waals surface area contributed by atoms with Crippen molar-refractivity contribution in [3.63, 3.8) is 0 Å². The first kappa shape index (κ1) is 24.7. The van der Waals surface area contributed by atoms with Crippen LogP contribution in [0.1, 0.15) is 26.3 Å². The Labute approximate surface area is 187 Å². The topological polar surface area (TPSA) is 99.2 Å². The summed E-state index contributed by atoms with van der Waals surface area (Å²) in [6.45, 7) is -0.114. The number of sulfonamides is 1. The monoisotopic (exact) mass is 487 g/mol. The maximum Gasteiger partial charge on any atom is 0.416 e. The highest BCUT2D eigenvalue weighted by Crippen LogP contribution is 2.30. The number of carbonyl (C=O) groups excluding carboxylic acids is 2. The van der Waals surface area contributed by atoms with E-state index in [1.165, 1.54) is 29.6 Å². The Hall–Kier alpha value is -2.96. The first-order chi connectivity index (χ1) is 15.5. The van der Waals surface area contributed by atoms with Crippen LogP contribution in [0.25, 0.3) is 0 Å². The number of morpholine rings is 1. The van der Waals surface area contributed by atoms with Gasteiger partial charge in [-0.3, -0.25) is 4.79 Å². The summed E-state index contributed by atoms with van der Waals surface area (Å²) in [5, 5.41) is 0. The second kappa shape index (κ2) is 9.89. The number of ether oxygens (including phenoxy) is 3. The molecule has 1 aliphatic heterocycles. The van der Waals surface area contributed by atoms with Gasteiger partial charge in [0.05, 0.1) is 31.5 Å². The number of hydrogen-bond donors (Lipinski definition) is 0. The number of ketones is 1. The Morgan fingerprint density at radius 1 is 1.06 bits per heavy atom. The van der Waals surface area contributed by atoms with Gasteiger partial charge in [0, 0.05) is 18.7 Å². The van der Waals surface area contributed by atoms with Gasteiger partial charge in [-0.1, -0.05) is 12.1 Å². The van der Waals surface area contributed by atoms with Crippen molar-refractivity contribution in [1.29, 1.82) is 0 Å². The van der Waals surface area contributed by atoms with E-state index >= 15 is 0 Å². The van der Waals surface area contributed by atoms with Gasteiger partial charge < -0.3 is 14.2 Å². The molecular formula is C21H20F3NO7S. The lowest BCUT2D eigenvalue weighted by Crippen LogP contribution is -2.40. The predicted octanol–water partition coefficient (Wildman–Crippen LogP) is 2.77. The molecule has 8 nitrogen and oxygen atoms in total. The third kappa shape index (κ3) is 5.70. The minimum atomic E-state index is -4.63. The fourth-order valence-electron chi connectivity index (χ4n) is 3.10. The molecule has 1 aliphatic rings. The van der Waals surface area contributed by atoms with E-state index in [9.17, 15) is 31.2 Å². The van der Waals surface area contributed by atoms with E-state index in [0.29, 0.717) is 6.07 Å². The van der Waals surface area contributed by atoms with E-state index in [1.807, 2.05) is 0 Å². The van der Waals surface area contributed by atoms with Crippen LogP contribution in [0.5, 0.6) is 5.75 Å². The number of halogens is 3. The van der Waals surface area contributed by atoms with Crippen LogP contribution in [0.3, 0.4) is 0 Å². The first-order valence-corrected chi connectivity index (χ1v) is 11.1. The Morgan fingerprint density at radius 2 is 1.76 bits per heavy atom. The van der Waals surface area contributed by atoms with Gasteiger partial charge in [0.1, 0.15) is 10.6 Å². The highest BCUT2D eigenvalue weighted by Gasteiger charge is 2.32. The van der Waals surface area contributed by atoms with Crippen LogP contribution in [0, 0.1) is 0 Å². The minimum absolute atomic E-state index is 0.0121. The lowest BCUT2D eigenvalue weighted by molar-refractivity contribution is -0.137. The molecule has 3 rings (SSSR count). The lowest BCUT2D eigenvalue weighted by Gasteiger charge is -2.26. The Morgan fingerprint density at radius 3 is 2.39 bits per heavy atom. The zero-order valence-electron chi connectivity index (χ0n) is 17.4. The molecule has 0 bridgehead atoms. The van der Waals surface area contributed by atoms with Crippen LogP contribution in [0.2, 0.25) is 0 Å². The number of nitrogens with zero attached hydrogens (tertiary/aromatic N) is 1. The molecule has 1 saturated heterocycles. The summed E-state index contributed by atoms with van der Waals surface area (Å²) in [6.07, 6.45) is -4.63. The number of methoxy groups -OCH3 is 1. The van der Waals surface area contributed by atoms with E-state index < -0.39 is 40.1 Å². The Bertz CT molecular complexity index is 1140. The summed E-state index contributed by atoms with van der Waals surface area (Å²) in [5.74, 6) is -1.85. The van der Waals surface area contributed by atoms with E-state index in [4.69, 9.17) is 14.2 Å². The van der Waals surface area contributed by atoms with E-state index in [-0.39, 0.29) is 48.1 Å². The Balaban J connectivity index is 1.77. The molecule has 33 heavy (non-hydrogen) atoms. The zero-order chi connectivity index (χ0) is 24.2. The van der Waals surface area contributed by atoms with Crippen LogP contribution in [0.15, 0.2) is 47.4 Å². The van der Waals surface area contributed by atoms with Crippen molar-refractivity contribution >= 4 is 21.8 Å². The van der Waals surface area contributed by atoms with Crippen molar-refractivity contribution in [2.75, 3.05) is 40.0 Å². The largest absolute Gasteiger partial charge is 0.495 e. The molecule has 12 heteroatoms. The molecule has 2 aromatic rings. The zero-order valence-corrected chi connectivity index (χ0v) is 18.2. The summed E-state index contributed by atoms with van der Waals surface area (Å²) in [4.78, 5) is 24.4. The molecule has 0 spiro atoms. The highest BCUT2D eigenvalue weighted by atomic mass is 32.2. The van der Waals surface area contributed by atoms with Crippen molar-refractivity contribution in [3.05, 3.63) is 59.2 Å². The van der Waals surface area contributed by atoms with Gasteiger partial charge in [0.15, 0.2) is 12.4 Å². The third-order valence-electron chi connectivity index (χ3n) is 4.83. The Kier molecular flexibility index (Phi) is 7.40. The molecule has 1 heterocycles. The van der Waals surface area contributed by atoms with Gasteiger partial charge in [-0.05, 0) is 30.3 Å². The van der Waals surface area contributed by atoms with Gasteiger partial charge in [-0.15, -0.1) is 0 Å². The van der Waals surface area contributed by atoms with Gasteiger partial charge in [-0.2, -0.15) is 17.5 Å². The molecular weight excluding hydrogens is 467 g/mol. The van der Waals surface area contributed by atoms with Crippen molar-refractivity contribution in [2.24, 2.45) is 0 Å². The number of rotatable bonds is 7. The van der Waals surface area contributed by atoms with Crippen LogP contribution >= 0.6 is 0 Å². The molecule has 1 fully saturated rings. The smallest absolute Gasteiger partial charge is 0.416 e. The highest BCUT2D eigenvalue weighted by molar-refractivity contribution is 7.89. The average molecular weight is 487 g/mol. The van der Waals surface area contributed by atoms with Crippen LogP contribution < -0.4 is 4.74 Å². The van der Waals surface area contributed by atoms with Crippen molar-refractivity contribution in [3.8, 4) is 5.75 Å². The molecule has 0 N–H and O–H groups in total. The fraction of sp³-hybridized carbons (Fsp3) is 0.333. The predicted molar refractivity (Wildman–Crippen MR) is 109 cm³/mol. The van der Waals surface area contributed by atoms with Gasteiger partial charge in [0.2, 0.25) is 10.0 Å². The SMILES string of the molecule is COc1ccc(C(=O)OCC(=O)c2cccc(C(F)(F)F)c2)cc1S(=O)(=O)N1CCOCC1. The van der Waals surface area contributed by atoms with Crippen molar-refractivity contribution in [2.45, 2.75) is 11.1 Å². The fourth-order valence-corrected chi connectivity index (χ4v) is 4.69. The number of alkyl halides is 3. The normalized spacial score (nSPS) is 15.2. The first-order valence-electron chi connectivity index (χ1n) is 9.67. The summed E-state index contributed by atoms with van der Waals surface area (Å²) in [6, 6.07) is 7.33. The van der Waals surface area contributed by atoms with Gasteiger partial charge in [-0.25, -0.2) is 13.2 Å². The maximum absolute atomic E-state index is 13.0. The molecule has 178 valence electrons. The minimum Gasteiger partial charge on any atom is -0.495 e. The van der Waals surface area contributed by atoms with E-state index in [2.05, 4.69) is 0 Å². The molecule has 0 atom stereocenters. The summed E-state index contributed by atoms with van der Waals surface area (Å²) < 4.78 is 80.9. The third-order valence-corrected chi connectivity index (χ3v) is 6.75. The average Bonchev–Trinajstić information content (AvgIpc) is 2.82. The summed E-state index contributed by atoms with van der Waals surface area (Å²) in [7, 11) is -2.73. The summed E-state index contributed by atoms with van der Waals surface area (Å²) >= 11 is 0. The maximum atomic E-state index is 13.0. The van der Waals surface area contributed by atoms with Crippen molar-refractivity contribution < 1.29 is 45.4 Å². The quantitative estimate of drug-likeness (QED) is 0.438. The van der Waals surface area contributed by atoms with E-state index in [1.54, 1.807) is 0 Å². The van der Waals surface area contributed by atoms with Gasteiger partial charge >= 0.3 is 12.1 Å². The molecule has 0 amide bonds. The van der Waals surface area contributed by atoms with Crippen LogP contribution in [0.4, 0.5) is 13.2 Å². The molecule has 0 saturated carbocycles. The molecule has 0 radical (unpaired) electrons. The molecule has 0 aromatic heterocycles. The molecule has 0 aliphatic carbocycles. The molecule has 2 aromatic carbocycles. The summed E-state index contributed by atoms with van der Waals surface area (Å²) in [5.41, 5.74) is -1.45. The number of carbonyl (C=O) groups is 2. The second-order valence-corrected chi connectivity index (χ2v) is 8.87. The van der Waals surface area contributed by atoms with E-state index in [0.717, 1.165) is 18.2 Å². The number of benzene rings is 2. The molecule has 0 unspecified atom stereocenters. The number of hydrogen-bond acceptors (Lipinski definition) is 7. The van der Waals surface area contributed by atoms with Crippen LogP contribution in [-0.2, 0) is 25.7 Å². The second-order valence-electron chi connectivity index (χ2n) is 6.96. The lowest BCUT2D eigenvalue weighted by atomic mass is 10.1. The van der Waals surface area contributed by atoms with Crippen LogP contribution in [-0.4, -0.2) is 64.5 Å².